The van der Waals surface area contributed by atoms with Crippen molar-refractivity contribution in [2.45, 2.75) is 57.7 Å². The number of hydrogen-bond acceptors (Lipinski definition) is 3. The summed E-state index contributed by atoms with van der Waals surface area (Å²) in [6.45, 7) is 6.58. The number of rotatable bonds is 6. The Kier molecular flexibility index (Phi) is 6.88. The van der Waals surface area contributed by atoms with Gasteiger partial charge in [-0.05, 0) is 88.7 Å². The van der Waals surface area contributed by atoms with Crippen molar-refractivity contribution in [1.82, 2.24) is 14.7 Å². The first kappa shape index (κ1) is 23.9. The number of likely N-dealkylation sites (tertiary alicyclic amines) is 1. The number of alkyl halides is 3. The Hall–Kier alpha value is -2.29. The van der Waals surface area contributed by atoms with Crippen molar-refractivity contribution >= 4 is 17.6 Å². The molecule has 1 spiro atoms. The zero-order chi connectivity index (χ0) is 23.6. The Morgan fingerprint density at radius 1 is 1.06 bits per heavy atom. The van der Waals surface area contributed by atoms with Gasteiger partial charge in [0.1, 0.15) is 6.04 Å². The smallest absolute Gasteiger partial charge is 0.339 e. The molecule has 6 nitrogen and oxygen atoms in total. The van der Waals surface area contributed by atoms with E-state index in [1.807, 2.05) is 0 Å². The minimum absolute atomic E-state index is 0.0576. The lowest BCUT2D eigenvalue weighted by atomic mass is 9.93. The number of carbonyl (C=O) groups is 2. The van der Waals surface area contributed by atoms with E-state index in [1.54, 1.807) is 11.8 Å². The largest absolute Gasteiger partial charge is 0.416 e. The van der Waals surface area contributed by atoms with Crippen LogP contribution in [0.3, 0.4) is 0 Å². The van der Waals surface area contributed by atoms with Crippen molar-refractivity contribution in [3.05, 3.63) is 29.8 Å². The molecule has 1 saturated carbocycles. The molecule has 182 valence electrons. The van der Waals surface area contributed by atoms with Gasteiger partial charge in [0, 0.05) is 25.3 Å². The maximum absolute atomic E-state index is 12.9. The molecular weight excluding hydrogens is 433 g/mol. The number of urea groups is 1. The fraction of sp³-hybridized carbons (Fsp3) is 0.667. The lowest BCUT2D eigenvalue weighted by Gasteiger charge is -2.39. The molecule has 1 aliphatic carbocycles. The summed E-state index contributed by atoms with van der Waals surface area (Å²) in [5.41, 5.74) is -0.0836. The second-order valence-electron chi connectivity index (χ2n) is 9.75. The first-order chi connectivity index (χ1) is 15.7. The van der Waals surface area contributed by atoms with Crippen LogP contribution >= 0.6 is 0 Å². The van der Waals surface area contributed by atoms with Gasteiger partial charge in [-0.1, -0.05) is 6.07 Å². The van der Waals surface area contributed by atoms with Crippen LogP contribution in [0.25, 0.3) is 0 Å². The molecule has 4 rings (SSSR count). The third kappa shape index (κ3) is 5.80. The van der Waals surface area contributed by atoms with Gasteiger partial charge in [-0.15, -0.1) is 0 Å². The van der Waals surface area contributed by atoms with Crippen LogP contribution in [-0.2, 0) is 11.0 Å². The number of halogens is 3. The minimum atomic E-state index is -4.48. The van der Waals surface area contributed by atoms with Crippen molar-refractivity contribution in [2.75, 3.05) is 44.6 Å². The standard InChI is InChI=1S/C24H33F3N4O2/c1-18-21(32)30(12-3-2-11-29-13-9-23(7-8-23)10-14-29)15-16-31(18)22(33)28-20-6-4-5-19(17-20)24(25,26)27/h4-6,17-18H,2-3,7-16H2,1H3,(H,28,33). The van der Waals surface area contributed by atoms with Crippen molar-refractivity contribution in [3.8, 4) is 0 Å². The number of hydrogen-bond donors (Lipinski definition) is 1. The fourth-order valence-corrected chi connectivity index (χ4v) is 4.96. The topological polar surface area (TPSA) is 55.9 Å². The Morgan fingerprint density at radius 2 is 1.76 bits per heavy atom. The molecule has 3 amide bonds. The number of unbranched alkanes of at least 4 members (excludes halogenated alkanes) is 1. The van der Waals surface area contributed by atoms with Crippen LogP contribution in [0.4, 0.5) is 23.7 Å². The molecule has 3 aliphatic rings. The number of nitrogens with one attached hydrogen (secondary N) is 1. The van der Waals surface area contributed by atoms with Gasteiger partial charge in [-0.25, -0.2) is 4.79 Å². The summed E-state index contributed by atoms with van der Waals surface area (Å²) in [5.74, 6) is -0.117. The van der Waals surface area contributed by atoms with Crippen molar-refractivity contribution in [1.29, 1.82) is 0 Å². The third-order valence-corrected chi connectivity index (χ3v) is 7.48. The molecule has 2 saturated heterocycles. The Labute approximate surface area is 193 Å². The second kappa shape index (κ2) is 9.52. The highest BCUT2D eigenvalue weighted by Gasteiger charge is 2.44. The predicted molar refractivity (Wildman–Crippen MR) is 120 cm³/mol. The number of carbonyl (C=O) groups excluding carboxylic acids is 2. The number of amides is 3. The summed E-state index contributed by atoms with van der Waals surface area (Å²) < 4.78 is 38.7. The molecule has 33 heavy (non-hydrogen) atoms. The van der Waals surface area contributed by atoms with Crippen LogP contribution in [0, 0.1) is 5.41 Å². The molecular formula is C24H33F3N4O2. The third-order valence-electron chi connectivity index (χ3n) is 7.48. The molecule has 2 heterocycles. The van der Waals surface area contributed by atoms with Gasteiger partial charge in [0.05, 0.1) is 5.56 Å². The van der Waals surface area contributed by atoms with Crippen molar-refractivity contribution in [2.24, 2.45) is 5.41 Å². The van der Waals surface area contributed by atoms with E-state index in [4.69, 9.17) is 0 Å². The summed E-state index contributed by atoms with van der Waals surface area (Å²) in [6.07, 6.45) is 2.96. The molecule has 2 aliphatic heterocycles. The summed E-state index contributed by atoms with van der Waals surface area (Å²) >= 11 is 0. The van der Waals surface area contributed by atoms with Crippen LogP contribution < -0.4 is 5.32 Å². The van der Waals surface area contributed by atoms with E-state index in [2.05, 4.69) is 10.2 Å². The normalized spacial score (nSPS) is 23.2. The number of anilines is 1. The quantitative estimate of drug-likeness (QED) is 0.632. The zero-order valence-electron chi connectivity index (χ0n) is 19.2. The van der Waals surface area contributed by atoms with Gasteiger partial charge in [0.15, 0.2) is 0 Å². The lowest BCUT2D eigenvalue weighted by Crippen LogP contribution is -2.58. The molecule has 3 fully saturated rings. The summed E-state index contributed by atoms with van der Waals surface area (Å²) in [7, 11) is 0. The average Bonchev–Trinajstić information content (AvgIpc) is 3.54. The minimum Gasteiger partial charge on any atom is -0.339 e. The monoisotopic (exact) mass is 466 g/mol. The van der Waals surface area contributed by atoms with Crippen LogP contribution in [-0.4, -0.2) is 71.9 Å². The highest BCUT2D eigenvalue weighted by atomic mass is 19.4. The molecule has 1 N–H and O–H groups in total. The lowest BCUT2D eigenvalue weighted by molar-refractivity contribution is -0.139. The molecule has 1 atom stereocenters. The molecule has 9 heteroatoms. The first-order valence-corrected chi connectivity index (χ1v) is 11.9. The number of piperazine rings is 1. The predicted octanol–water partition coefficient (Wildman–Crippen LogP) is 4.43. The maximum atomic E-state index is 12.9. The van der Waals surface area contributed by atoms with E-state index in [9.17, 15) is 22.8 Å². The molecule has 1 aromatic carbocycles. The van der Waals surface area contributed by atoms with E-state index in [-0.39, 0.29) is 11.6 Å². The van der Waals surface area contributed by atoms with Gasteiger partial charge < -0.3 is 20.0 Å². The van der Waals surface area contributed by atoms with Crippen LogP contribution in [0.2, 0.25) is 0 Å². The Balaban J connectivity index is 1.20. The van der Waals surface area contributed by atoms with Gasteiger partial charge in [-0.2, -0.15) is 13.2 Å². The average molecular weight is 467 g/mol. The SMILES string of the molecule is CC1C(=O)N(CCCCN2CCC3(CC2)CC3)CCN1C(=O)Nc1cccc(C(F)(F)F)c1. The zero-order valence-corrected chi connectivity index (χ0v) is 19.2. The highest BCUT2D eigenvalue weighted by Crippen LogP contribution is 2.53. The molecule has 0 aromatic heterocycles. The number of piperidine rings is 1. The van der Waals surface area contributed by atoms with Gasteiger partial charge in [0.25, 0.3) is 0 Å². The number of benzene rings is 1. The van der Waals surface area contributed by atoms with Crippen LogP contribution in [0.5, 0.6) is 0 Å². The van der Waals surface area contributed by atoms with Crippen molar-refractivity contribution < 1.29 is 22.8 Å². The van der Waals surface area contributed by atoms with E-state index < -0.39 is 23.8 Å². The highest BCUT2D eigenvalue weighted by molar-refractivity contribution is 5.94. The molecule has 0 bridgehead atoms. The second-order valence-corrected chi connectivity index (χ2v) is 9.75. The van der Waals surface area contributed by atoms with Gasteiger partial charge in [0.2, 0.25) is 5.91 Å². The van der Waals surface area contributed by atoms with E-state index in [0.717, 1.165) is 31.5 Å². The molecule has 0 radical (unpaired) electrons. The maximum Gasteiger partial charge on any atom is 0.416 e. The number of nitrogens with zero attached hydrogens (tertiary/aromatic N) is 3. The first-order valence-electron chi connectivity index (χ1n) is 11.9. The summed E-state index contributed by atoms with van der Waals surface area (Å²) in [4.78, 5) is 31.2. The van der Waals surface area contributed by atoms with Crippen LogP contribution in [0.15, 0.2) is 24.3 Å². The molecule has 1 aromatic rings. The summed E-state index contributed by atoms with van der Waals surface area (Å²) in [6, 6.07) is 3.29. The van der Waals surface area contributed by atoms with E-state index >= 15 is 0 Å². The van der Waals surface area contributed by atoms with Gasteiger partial charge >= 0.3 is 12.2 Å². The Bertz CT molecular complexity index is 862. The summed E-state index contributed by atoms with van der Waals surface area (Å²) in [5, 5.41) is 2.50. The molecule has 1 unspecified atom stereocenters. The fourth-order valence-electron chi connectivity index (χ4n) is 4.96. The van der Waals surface area contributed by atoms with Crippen molar-refractivity contribution in [3.63, 3.8) is 0 Å². The van der Waals surface area contributed by atoms with E-state index in [0.29, 0.717) is 25.0 Å². The Morgan fingerprint density at radius 3 is 2.42 bits per heavy atom. The van der Waals surface area contributed by atoms with Crippen LogP contribution in [0.1, 0.15) is 51.0 Å². The van der Waals surface area contributed by atoms with Gasteiger partial charge in [-0.3, -0.25) is 4.79 Å². The van der Waals surface area contributed by atoms with E-state index in [1.165, 1.54) is 55.8 Å².